The van der Waals surface area contributed by atoms with E-state index in [2.05, 4.69) is 15.6 Å². The number of ether oxygens (including phenoxy) is 1. The Kier molecular flexibility index (Phi) is 7.75. The zero-order chi connectivity index (χ0) is 23.1. The molecule has 3 rings (SSSR count). The van der Waals surface area contributed by atoms with Crippen LogP contribution in [0.4, 0.5) is 4.79 Å². The van der Waals surface area contributed by atoms with Gasteiger partial charge in [0.25, 0.3) is 5.91 Å². The first-order chi connectivity index (χ1) is 15.3. The molecule has 170 valence electrons. The number of alkyl carbamates (subject to hydrolysis) is 1. The number of nitrogens with one attached hydrogen (secondary N) is 2. The average Bonchev–Trinajstić information content (AvgIpc) is 3.22. The van der Waals surface area contributed by atoms with E-state index in [0.29, 0.717) is 13.1 Å². The summed E-state index contributed by atoms with van der Waals surface area (Å²) in [6.45, 7) is 4.48. The number of carbonyl (C=O) groups excluding carboxylic acids is 4. The smallest absolute Gasteiger partial charge is 0.408 e. The fourth-order valence-corrected chi connectivity index (χ4v) is 3.67. The molecule has 2 atom stereocenters. The summed E-state index contributed by atoms with van der Waals surface area (Å²) in [5, 5.41) is 5.20. The molecule has 0 saturated carbocycles. The first kappa shape index (κ1) is 23.2. The van der Waals surface area contributed by atoms with E-state index in [4.69, 9.17) is 4.74 Å². The molecular weight excluding hydrogens is 412 g/mol. The van der Waals surface area contributed by atoms with Crippen molar-refractivity contribution in [2.24, 2.45) is 11.8 Å². The van der Waals surface area contributed by atoms with Crippen LogP contribution in [0.5, 0.6) is 0 Å². The van der Waals surface area contributed by atoms with E-state index >= 15 is 0 Å². The van der Waals surface area contributed by atoms with Crippen LogP contribution in [0.3, 0.4) is 0 Å². The summed E-state index contributed by atoms with van der Waals surface area (Å²) in [6, 6.07) is 8.36. The summed E-state index contributed by atoms with van der Waals surface area (Å²) in [6.07, 6.45) is 2.62. The largest absolute Gasteiger partial charge is 0.445 e. The van der Waals surface area contributed by atoms with Crippen LogP contribution in [-0.4, -0.2) is 45.7 Å². The van der Waals surface area contributed by atoms with E-state index in [-0.39, 0.29) is 31.1 Å². The van der Waals surface area contributed by atoms with Crippen molar-refractivity contribution in [1.29, 1.82) is 0 Å². The van der Waals surface area contributed by atoms with Gasteiger partial charge in [-0.15, -0.1) is 0 Å². The Hall–Kier alpha value is -3.49. The van der Waals surface area contributed by atoms with Crippen molar-refractivity contribution < 1.29 is 23.9 Å². The topological polar surface area (TPSA) is 119 Å². The van der Waals surface area contributed by atoms with Crippen molar-refractivity contribution in [1.82, 2.24) is 20.2 Å². The van der Waals surface area contributed by atoms with Crippen molar-refractivity contribution in [2.75, 3.05) is 6.54 Å². The van der Waals surface area contributed by atoms with Crippen LogP contribution in [-0.2, 0) is 38.7 Å². The molecular formula is C23H28N4O5. The molecule has 0 radical (unpaired) electrons. The van der Waals surface area contributed by atoms with Gasteiger partial charge in [0, 0.05) is 37.3 Å². The van der Waals surface area contributed by atoms with Gasteiger partial charge in [-0.3, -0.25) is 14.4 Å². The summed E-state index contributed by atoms with van der Waals surface area (Å²) < 4.78 is 7.09. The van der Waals surface area contributed by atoms with E-state index in [1.54, 1.807) is 26.4 Å². The summed E-state index contributed by atoms with van der Waals surface area (Å²) in [7, 11) is 0. The highest BCUT2D eigenvalue weighted by molar-refractivity contribution is 6.37. The normalized spacial score (nSPS) is 17.4. The maximum atomic E-state index is 13.1. The van der Waals surface area contributed by atoms with E-state index < -0.39 is 29.7 Å². The standard InChI is InChI=1S/C23H28N4O5/c1-15(2)20(26-23(31)32-13-16-6-4-3-5-7-16)19(28)11-17-10-18-12-24-14-27(18)9-8-25-22(30)21(17)29/h3-7,12,14-15,17,20H,8-11,13H2,1-2H3,(H,25,30)(H,26,31). The van der Waals surface area contributed by atoms with Gasteiger partial charge in [0.15, 0.2) is 5.78 Å². The number of hydrogen-bond donors (Lipinski definition) is 2. The molecule has 1 aromatic carbocycles. The molecule has 9 heteroatoms. The van der Waals surface area contributed by atoms with Gasteiger partial charge in [-0.25, -0.2) is 9.78 Å². The first-order valence-electron chi connectivity index (χ1n) is 10.7. The Balaban J connectivity index is 1.66. The van der Waals surface area contributed by atoms with Crippen LogP contribution >= 0.6 is 0 Å². The SMILES string of the molecule is CC(C)C(NC(=O)OCc1ccccc1)C(=O)CC1Cc2cncn2CCNC(=O)C1=O. The van der Waals surface area contributed by atoms with E-state index in [0.717, 1.165) is 11.3 Å². The second kappa shape index (κ2) is 10.7. The Bertz CT molecular complexity index is 970. The third kappa shape index (κ3) is 6.03. The van der Waals surface area contributed by atoms with Gasteiger partial charge >= 0.3 is 6.09 Å². The molecule has 2 N–H and O–H groups in total. The van der Waals surface area contributed by atoms with Gasteiger partial charge in [0.2, 0.25) is 5.78 Å². The Morgan fingerprint density at radius 1 is 1.25 bits per heavy atom. The number of ketones is 2. The third-order valence-corrected chi connectivity index (χ3v) is 5.43. The minimum Gasteiger partial charge on any atom is -0.445 e. The molecule has 2 unspecified atom stereocenters. The van der Waals surface area contributed by atoms with Gasteiger partial charge in [-0.05, 0) is 17.9 Å². The first-order valence-corrected chi connectivity index (χ1v) is 10.7. The minimum atomic E-state index is -0.841. The molecule has 2 amide bonds. The fourth-order valence-electron chi connectivity index (χ4n) is 3.67. The van der Waals surface area contributed by atoms with Crippen LogP contribution < -0.4 is 10.6 Å². The molecule has 0 spiro atoms. The highest BCUT2D eigenvalue weighted by atomic mass is 16.5. The third-order valence-electron chi connectivity index (χ3n) is 5.43. The number of carbonyl (C=O) groups is 4. The Morgan fingerprint density at radius 2 is 2.00 bits per heavy atom. The van der Waals surface area contributed by atoms with Gasteiger partial charge in [-0.1, -0.05) is 44.2 Å². The second-order valence-corrected chi connectivity index (χ2v) is 8.20. The molecule has 0 fully saturated rings. The molecule has 32 heavy (non-hydrogen) atoms. The molecule has 1 aromatic heterocycles. The summed E-state index contributed by atoms with van der Waals surface area (Å²) in [4.78, 5) is 54.4. The number of Topliss-reactive ketones (excluding diaryl/α,β-unsaturated/α-hetero) is 2. The van der Waals surface area contributed by atoms with Crippen LogP contribution in [0, 0.1) is 11.8 Å². The summed E-state index contributed by atoms with van der Waals surface area (Å²) in [5.41, 5.74) is 1.61. The van der Waals surface area contributed by atoms with Crippen LogP contribution in [0.2, 0.25) is 0 Å². The van der Waals surface area contributed by atoms with E-state index in [1.165, 1.54) is 0 Å². The lowest BCUT2D eigenvalue weighted by Crippen LogP contribution is -2.46. The van der Waals surface area contributed by atoms with Crippen molar-refractivity contribution in [3.8, 4) is 0 Å². The maximum Gasteiger partial charge on any atom is 0.408 e. The number of hydrogen-bond acceptors (Lipinski definition) is 6. The zero-order valence-electron chi connectivity index (χ0n) is 18.2. The molecule has 1 aliphatic rings. The molecule has 2 heterocycles. The van der Waals surface area contributed by atoms with E-state index in [9.17, 15) is 19.2 Å². The Labute approximate surface area is 186 Å². The number of benzene rings is 1. The number of fused-ring (bicyclic) bond motifs is 1. The monoisotopic (exact) mass is 440 g/mol. The average molecular weight is 441 g/mol. The minimum absolute atomic E-state index is 0.0803. The number of amides is 2. The van der Waals surface area contributed by atoms with Crippen molar-refractivity contribution >= 4 is 23.6 Å². The lowest BCUT2D eigenvalue weighted by molar-refractivity contribution is -0.141. The number of aromatic nitrogens is 2. The van der Waals surface area contributed by atoms with E-state index in [1.807, 2.05) is 34.9 Å². The summed E-state index contributed by atoms with van der Waals surface area (Å²) in [5.74, 6) is -2.72. The highest BCUT2D eigenvalue weighted by Gasteiger charge is 2.33. The number of nitrogens with zero attached hydrogens (tertiary/aromatic N) is 2. The van der Waals surface area contributed by atoms with Gasteiger partial charge in [-0.2, -0.15) is 0 Å². The lowest BCUT2D eigenvalue weighted by atomic mass is 9.87. The molecule has 0 saturated heterocycles. The molecule has 9 nitrogen and oxygen atoms in total. The maximum absolute atomic E-state index is 13.1. The predicted molar refractivity (Wildman–Crippen MR) is 115 cm³/mol. The second-order valence-electron chi connectivity index (χ2n) is 8.20. The van der Waals surface area contributed by atoms with Crippen molar-refractivity contribution in [3.63, 3.8) is 0 Å². The van der Waals surface area contributed by atoms with Crippen molar-refractivity contribution in [2.45, 2.75) is 45.9 Å². The lowest BCUT2D eigenvalue weighted by Gasteiger charge is -2.23. The van der Waals surface area contributed by atoms with Crippen LogP contribution in [0.15, 0.2) is 42.9 Å². The molecule has 2 aromatic rings. The quantitative estimate of drug-likeness (QED) is 0.632. The number of imidazole rings is 1. The molecule has 0 aliphatic carbocycles. The highest BCUT2D eigenvalue weighted by Crippen LogP contribution is 2.18. The van der Waals surface area contributed by atoms with Crippen LogP contribution in [0.1, 0.15) is 31.5 Å². The molecule has 0 bridgehead atoms. The molecule has 1 aliphatic heterocycles. The van der Waals surface area contributed by atoms with Gasteiger partial charge in [0.1, 0.15) is 6.61 Å². The van der Waals surface area contributed by atoms with Gasteiger partial charge < -0.3 is 19.9 Å². The van der Waals surface area contributed by atoms with Crippen molar-refractivity contribution in [3.05, 3.63) is 54.1 Å². The van der Waals surface area contributed by atoms with Crippen LogP contribution in [0.25, 0.3) is 0 Å². The zero-order valence-corrected chi connectivity index (χ0v) is 18.2. The van der Waals surface area contributed by atoms with Gasteiger partial charge in [0.05, 0.1) is 12.4 Å². The predicted octanol–water partition coefficient (Wildman–Crippen LogP) is 1.65. The fraction of sp³-hybridized carbons (Fsp3) is 0.435. The number of rotatable bonds is 7. The summed E-state index contributed by atoms with van der Waals surface area (Å²) >= 11 is 0. The Morgan fingerprint density at radius 3 is 2.72 bits per heavy atom.